The van der Waals surface area contributed by atoms with E-state index >= 15 is 0 Å². The quantitative estimate of drug-likeness (QED) is 0.573. The summed E-state index contributed by atoms with van der Waals surface area (Å²) in [5, 5.41) is 4.89. The molecule has 0 aliphatic carbocycles. The lowest BCUT2D eigenvalue weighted by Crippen LogP contribution is -2.24. The van der Waals surface area contributed by atoms with E-state index in [1.807, 2.05) is 35.7 Å². The Balaban J connectivity index is 1.64. The predicted octanol–water partition coefficient (Wildman–Crippen LogP) is 4.38. The van der Waals surface area contributed by atoms with Gasteiger partial charge in [0.05, 0.1) is 22.5 Å². The third-order valence-corrected chi connectivity index (χ3v) is 5.18. The Bertz CT molecular complexity index is 1050. The highest BCUT2D eigenvalue weighted by atomic mass is 32.1. The van der Waals surface area contributed by atoms with Gasteiger partial charge in [0.15, 0.2) is 0 Å². The van der Waals surface area contributed by atoms with Crippen LogP contribution >= 0.6 is 11.3 Å². The Morgan fingerprint density at radius 3 is 2.81 bits per heavy atom. The lowest BCUT2D eigenvalue weighted by Gasteiger charge is -2.11. The molecule has 0 unspecified atom stereocenters. The first-order valence-electron chi connectivity index (χ1n) is 8.52. The van der Waals surface area contributed by atoms with E-state index in [9.17, 15) is 4.79 Å². The van der Waals surface area contributed by atoms with Crippen LogP contribution in [0.2, 0.25) is 0 Å². The van der Waals surface area contributed by atoms with Crippen LogP contribution in [0, 0.1) is 6.92 Å². The van der Waals surface area contributed by atoms with Gasteiger partial charge in [-0.1, -0.05) is 48.0 Å². The van der Waals surface area contributed by atoms with Crippen LogP contribution < -0.4 is 5.32 Å². The van der Waals surface area contributed by atoms with Crippen molar-refractivity contribution < 1.29 is 4.79 Å². The molecule has 0 radical (unpaired) electrons. The third-order valence-electron chi connectivity index (χ3n) is 4.31. The summed E-state index contributed by atoms with van der Waals surface area (Å²) in [6.07, 6.45) is 0. The zero-order valence-corrected chi connectivity index (χ0v) is 15.3. The van der Waals surface area contributed by atoms with E-state index in [0.29, 0.717) is 11.4 Å². The fourth-order valence-electron chi connectivity index (χ4n) is 3.08. The van der Waals surface area contributed by atoms with Gasteiger partial charge in [-0.15, -0.1) is 11.3 Å². The third kappa shape index (κ3) is 3.39. The van der Waals surface area contributed by atoms with Crippen molar-refractivity contribution in [3.63, 3.8) is 0 Å². The first-order valence-corrected chi connectivity index (χ1v) is 9.40. The van der Waals surface area contributed by atoms with Crippen molar-refractivity contribution in [3.05, 3.63) is 87.9 Å². The monoisotopic (exact) mass is 361 g/mol. The molecule has 0 saturated carbocycles. The number of thiophene rings is 1. The molecule has 26 heavy (non-hydrogen) atoms. The molecule has 0 saturated heterocycles. The fourth-order valence-corrected chi connectivity index (χ4v) is 3.72. The van der Waals surface area contributed by atoms with Crippen molar-refractivity contribution in [1.29, 1.82) is 0 Å². The second kappa shape index (κ2) is 7.14. The Hall–Kier alpha value is -2.92. The minimum absolute atomic E-state index is 0.0610. The minimum atomic E-state index is -0.0610. The first kappa shape index (κ1) is 16.5. The van der Waals surface area contributed by atoms with Gasteiger partial charge in [-0.25, -0.2) is 4.98 Å². The van der Waals surface area contributed by atoms with Gasteiger partial charge in [0, 0.05) is 6.54 Å². The second-order valence-corrected chi connectivity index (χ2v) is 7.20. The molecule has 1 N–H and O–H groups in total. The normalized spacial score (nSPS) is 11.0. The van der Waals surface area contributed by atoms with Gasteiger partial charge in [-0.2, -0.15) is 0 Å². The number of aryl methyl sites for hydroxylation is 1. The molecule has 2 aromatic heterocycles. The standard InChI is InChI=1S/C21H19N3OS/c1-15-6-4-7-16(12-15)14-24-18-9-3-2-8-17(18)23-20(24)13-22-21(25)19-10-5-11-26-19/h2-12H,13-14H2,1H3,(H,22,25). The molecule has 5 heteroatoms. The SMILES string of the molecule is Cc1cccc(Cn2c(CNC(=O)c3cccs3)nc3ccccc32)c1. The summed E-state index contributed by atoms with van der Waals surface area (Å²) in [7, 11) is 0. The number of imidazole rings is 1. The number of benzene rings is 2. The van der Waals surface area contributed by atoms with Crippen LogP contribution in [-0.2, 0) is 13.1 Å². The van der Waals surface area contributed by atoms with Crippen molar-refractivity contribution in [2.45, 2.75) is 20.0 Å². The largest absolute Gasteiger partial charge is 0.344 e. The smallest absolute Gasteiger partial charge is 0.261 e. The molecule has 0 spiro atoms. The molecule has 4 nitrogen and oxygen atoms in total. The number of nitrogens with zero attached hydrogens (tertiary/aromatic N) is 2. The number of carbonyl (C=O) groups is 1. The molecular formula is C21H19N3OS. The van der Waals surface area contributed by atoms with E-state index in [-0.39, 0.29) is 5.91 Å². The Labute approximate surface area is 156 Å². The summed E-state index contributed by atoms with van der Waals surface area (Å²) < 4.78 is 2.18. The van der Waals surface area contributed by atoms with Crippen molar-refractivity contribution in [2.24, 2.45) is 0 Å². The van der Waals surface area contributed by atoms with Gasteiger partial charge in [0.1, 0.15) is 5.82 Å². The Kier molecular flexibility index (Phi) is 4.54. The number of hydrogen-bond acceptors (Lipinski definition) is 3. The van der Waals surface area contributed by atoms with Gasteiger partial charge in [-0.3, -0.25) is 4.79 Å². The van der Waals surface area contributed by atoms with Gasteiger partial charge in [0.2, 0.25) is 0 Å². The van der Waals surface area contributed by atoms with Crippen molar-refractivity contribution in [3.8, 4) is 0 Å². The fraction of sp³-hybridized carbons (Fsp3) is 0.143. The lowest BCUT2D eigenvalue weighted by atomic mass is 10.1. The lowest BCUT2D eigenvalue weighted by molar-refractivity contribution is 0.0953. The van der Waals surface area contributed by atoms with E-state index in [1.165, 1.54) is 22.5 Å². The van der Waals surface area contributed by atoms with Crippen LogP contribution in [-0.4, -0.2) is 15.5 Å². The highest BCUT2D eigenvalue weighted by Gasteiger charge is 2.13. The molecule has 0 fully saturated rings. The number of hydrogen-bond donors (Lipinski definition) is 1. The summed E-state index contributed by atoms with van der Waals surface area (Å²) in [5.74, 6) is 0.798. The van der Waals surface area contributed by atoms with Crippen LogP contribution in [0.25, 0.3) is 11.0 Å². The zero-order chi connectivity index (χ0) is 17.9. The summed E-state index contributed by atoms with van der Waals surface area (Å²) in [4.78, 5) is 17.7. The molecule has 0 bridgehead atoms. The molecule has 0 aliphatic rings. The highest BCUT2D eigenvalue weighted by Crippen LogP contribution is 2.19. The molecule has 2 aromatic carbocycles. The molecular weight excluding hydrogens is 342 g/mol. The van der Waals surface area contributed by atoms with E-state index in [0.717, 1.165) is 23.4 Å². The van der Waals surface area contributed by atoms with Crippen molar-refractivity contribution >= 4 is 28.3 Å². The number of nitrogens with one attached hydrogen (secondary N) is 1. The molecule has 0 atom stereocenters. The molecule has 130 valence electrons. The number of aromatic nitrogens is 2. The summed E-state index contributed by atoms with van der Waals surface area (Å²) in [6, 6.07) is 20.3. The molecule has 0 aliphatic heterocycles. The van der Waals surface area contributed by atoms with Crippen molar-refractivity contribution in [2.75, 3.05) is 0 Å². The number of amides is 1. The maximum atomic E-state index is 12.3. The van der Waals surface area contributed by atoms with Gasteiger partial charge in [-0.05, 0) is 36.1 Å². The van der Waals surface area contributed by atoms with E-state index in [4.69, 9.17) is 4.98 Å². The maximum Gasteiger partial charge on any atom is 0.261 e. The average Bonchev–Trinajstić information content (AvgIpc) is 3.29. The summed E-state index contributed by atoms with van der Waals surface area (Å²) in [6.45, 7) is 3.22. The summed E-state index contributed by atoms with van der Waals surface area (Å²) in [5.41, 5.74) is 4.48. The average molecular weight is 361 g/mol. The Morgan fingerprint density at radius 1 is 1.12 bits per heavy atom. The van der Waals surface area contributed by atoms with Gasteiger partial charge < -0.3 is 9.88 Å². The van der Waals surface area contributed by atoms with Crippen LogP contribution in [0.4, 0.5) is 0 Å². The molecule has 1 amide bonds. The number of rotatable bonds is 5. The topological polar surface area (TPSA) is 46.9 Å². The first-order chi connectivity index (χ1) is 12.7. The predicted molar refractivity (Wildman–Crippen MR) is 106 cm³/mol. The number of fused-ring (bicyclic) bond motifs is 1. The van der Waals surface area contributed by atoms with Crippen LogP contribution in [0.5, 0.6) is 0 Å². The van der Waals surface area contributed by atoms with E-state index in [2.05, 4.69) is 47.1 Å². The Morgan fingerprint density at radius 2 is 2.00 bits per heavy atom. The van der Waals surface area contributed by atoms with Crippen LogP contribution in [0.3, 0.4) is 0 Å². The van der Waals surface area contributed by atoms with Gasteiger partial charge in [0.25, 0.3) is 5.91 Å². The summed E-state index contributed by atoms with van der Waals surface area (Å²) >= 11 is 1.44. The zero-order valence-electron chi connectivity index (χ0n) is 14.5. The van der Waals surface area contributed by atoms with Crippen LogP contribution in [0.15, 0.2) is 66.0 Å². The van der Waals surface area contributed by atoms with Gasteiger partial charge >= 0.3 is 0 Å². The maximum absolute atomic E-state index is 12.3. The highest BCUT2D eigenvalue weighted by molar-refractivity contribution is 7.12. The van der Waals surface area contributed by atoms with E-state index in [1.54, 1.807) is 0 Å². The molecule has 4 aromatic rings. The minimum Gasteiger partial charge on any atom is -0.344 e. The van der Waals surface area contributed by atoms with E-state index < -0.39 is 0 Å². The van der Waals surface area contributed by atoms with Crippen molar-refractivity contribution in [1.82, 2.24) is 14.9 Å². The molecule has 4 rings (SSSR count). The number of para-hydroxylation sites is 2. The number of carbonyl (C=O) groups excluding carboxylic acids is 1. The van der Waals surface area contributed by atoms with Crippen LogP contribution in [0.1, 0.15) is 26.6 Å². The molecule has 2 heterocycles. The second-order valence-electron chi connectivity index (χ2n) is 6.25.